The Labute approximate surface area is 226 Å². The van der Waals surface area contributed by atoms with E-state index in [1.54, 1.807) is 42.5 Å². The second-order valence-corrected chi connectivity index (χ2v) is 10.2. The molecule has 1 aliphatic carbocycles. The summed E-state index contributed by atoms with van der Waals surface area (Å²) in [6, 6.07) is 15.7. The number of aliphatic carboxylic acids is 1. The molecule has 7 atom stereocenters. The number of hydrogen-bond acceptors (Lipinski definition) is 8. The van der Waals surface area contributed by atoms with E-state index in [9.17, 15) is 19.5 Å². The zero-order valence-corrected chi connectivity index (χ0v) is 21.4. The first kappa shape index (κ1) is 26.9. The molecule has 2 aliphatic heterocycles. The molecule has 5 rings (SSSR count). The molecule has 0 spiro atoms. The molecule has 0 bridgehead atoms. The summed E-state index contributed by atoms with van der Waals surface area (Å²) < 4.78 is 24.2. The minimum absolute atomic E-state index is 0.0489. The van der Waals surface area contributed by atoms with Gasteiger partial charge in [0, 0.05) is 30.2 Å². The van der Waals surface area contributed by atoms with Crippen LogP contribution in [-0.2, 0) is 28.5 Å². The number of esters is 2. The van der Waals surface area contributed by atoms with Crippen LogP contribution < -0.4 is 0 Å². The fourth-order valence-corrected chi connectivity index (χ4v) is 5.83. The molecule has 206 valence electrons. The van der Waals surface area contributed by atoms with Gasteiger partial charge in [0.25, 0.3) is 0 Å². The lowest BCUT2D eigenvalue weighted by Gasteiger charge is -2.41. The van der Waals surface area contributed by atoms with Crippen LogP contribution in [0.15, 0.2) is 66.7 Å². The lowest BCUT2D eigenvalue weighted by Crippen LogP contribution is -2.44. The quantitative estimate of drug-likeness (QED) is 0.354. The number of fused-ring (bicyclic) bond motifs is 1. The second-order valence-electron chi connectivity index (χ2n) is 10.2. The fraction of sp³-hybridized carbons (Fsp3) is 0.433. The van der Waals surface area contributed by atoms with Gasteiger partial charge in [-0.05, 0) is 31.0 Å². The molecule has 39 heavy (non-hydrogen) atoms. The lowest BCUT2D eigenvalue weighted by atomic mass is 9.88. The van der Waals surface area contributed by atoms with E-state index in [2.05, 4.69) is 0 Å². The normalized spacial score (nSPS) is 30.2. The minimum Gasteiger partial charge on any atom is -0.508 e. The molecule has 2 N–H and O–H groups in total. The van der Waals surface area contributed by atoms with Crippen molar-refractivity contribution in [1.82, 2.24) is 0 Å². The van der Waals surface area contributed by atoms with Crippen molar-refractivity contribution in [1.29, 1.82) is 0 Å². The number of carboxylic acids is 1. The average molecular weight is 537 g/mol. The van der Waals surface area contributed by atoms with Gasteiger partial charge in [0.1, 0.15) is 18.0 Å². The molecule has 0 aromatic heterocycles. The monoisotopic (exact) mass is 536 g/mol. The van der Waals surface area contributed by atoms with E-state index in [-0.39, 0.29) is 42.5 Å². The number of ether oxygens (including phenoxy) is 4. The van der Waals surface area contributed by atoms with Crippen LogP contribution in [0.25, 0.3) is 0 Å². The summed E-state index contributed by atoms with van der Waals surface area (Å²) in [5, 5.41) is 19.5. The Morgan fingerprint density at radius 3 is 2.59 bits per heavy atom. The molecule has 9 nitrogen and oxygen atoms in total. The Bertz CT molecular complexity index is 1210. The summed E-state index contributed by atoms with van der Waals surface area (Å²) >= 11 is 0. The molecule has 9 heteroatoms. The first-order valence-corrected chi connectivity index (χ1v) is 13.3. The molecule has 2 unspecified atom stereocenters. The van der Waals surface area contributed by atoms with Gasteiger partial charge < -0.3 is 29.2 Å². The zero-order chi connectivity index (χ0) is 27.4. The number of para-hydroxylation sites is 1. The number of carboxylic acid groups (broad SMARTS) is 1. The Balaban J connectivity index is 1.36. The molecule has 1 saturated carbocycles. The van der Waals surface area contributed by atoms with E-state index in [0.29, 0.717) is 37.0 Å². The number of aromatic hydroxyl groups is 1. The maximum Gasteiger partial charge on any atom is 0.338 e. The van der Waals surface area contributed by atoms with Gasteiger partial charge >= 0.3 is 17.9 Å². The predicted molar refractivity (Wildman–Crippen MR) is 138 cm³/mol. The highest BCUT2D eigenvalue weighted by molar-refractivity contribution is 5.89. The van der Waals surface area contributed by atoms with E-state index >= 15 is 0 Å². The third kappa shape index (κ3) is 6.15. The second kappa shape index (κ2) is 12.0. The highest BCUT2D eigenvalue weighted by Crippen LogP contribution is 2.49. The molecule has 2 heterocycles. The minimum atomic E-state index is -0.856. The van der Waals surface area contributed by atoms with E-state index in [1.165, 1.54) is 0 Å². The maximum atomic E-state index is 12.9. The van der Waals surface area contributed by atoms with Crippen molar-refractivity contribution < 1.29 is 43.5 Å². The van der Waals surface area contributed by atoms with Crippen molar-refractivity contribution in [2.75, 3.05) is 6.61 Å². The molecule has 0 amide bonds. The van der Waals surface area contributed by atoms with E-state index < -0.39 is 36.4 Å². The lowest BCUT2D eigenvalue weighted by molar-refractivity contribution is -0.272. The van der Waals surface area contributed by atoms with E-state index in [1.807, 2.05) is 24.3 Å². The summed E-state index contributed by atoms with van der Waals surface area (Å²) in [5.74, 6) is -2.33. The van der Waals surface area contributed by atoms with Gasteiger partial charge in [0.05, 0.1) is 30.6 Å². The number of rotatable bonds is 9. The van der Waals surface area contributed by atoms with Crippen molar-refractivity contribution in [3.8, 4) is 5.75 Å². The maximum absolute atomic E-state index is 12.9. The largest absolute Gasteiger partial charge is 0.508 e. The number of allylic oxidation sites excluding steroid dienone is 2. The van der Waals surface area contributed by atoms with Crippen molar-refractivity contribution in [2.45, 2.75) is 56.7 Å². The fourth-order valence-electron chi connectivity index (χ4n) is 5.83. The van der Waals surface area contributed by atoms with Crippen LogP contribution in [0.5, 0.6) is 5.75 Å². The van der Waals surface area contributed by atoms with Gasteiger partial charge in [0.2, 0.25) is 0 Å². The summed E-state index contributed by atoms with van der Waals surface area (Å²) in [5.41, 5.74) is 1.04. The molecule has 2 aromatic carbocycles. The molecule has 0 radical (unpaired) electrons. The molecular formula is C30H32O9. The number of benzene rings is 2. The third-order valence-electron chi connectivity index (χ3n) is 7.69. The number of phenols is 1. The number of phenolic OH excluding ortho intramolecular Hbond substituents is 1. The van der Waals surface area contributed by atoms with Crippen molar-refractivity contribution in [3.63, 3.8) is 0 Å². The summed E-state index contributed by atoms with van der Waals surface area (Å²) in [7, 11) is 0. The van der Waals surface area contributed by atoms with E-state index in [4.69, 9.17) is 24.1 Å². The Morgan fingerprint density at radius 2 is 1.82 bits per heavy atom. The van der Waals surface area contributed by atoms with Crippen LogP contribution in [0.1, 0.15) is 54.1 Å². The number of hydrogen-bond donors (Lipinski definition) is 2. The average Bonchev–Trinajstić information content (AvgIpc) is 3.44. The SMILES string of the molecule is O=C(O)CC/C=C\C[C@@H]1CO[C@H](C2C3CC(=O)O[C@H]3C[C@H]2OC(=O)c2ccccc2)O[C@@H]1c1ccccc1O. The van der Waals surface area contributed by atoms with Gasteiger partial charge in [-0.15, -0.1) is 0 Å². The first-order valence-electron chi connectivity index (χ1n) is 13.3. The van der Waals surface area contributed by atoms with Crippen molar-refractivity contribution >= 4 is 17.9 Å². The summed E-state index contributed by atoms with van der Waals surface area (Å²) in [6.07, 6.45) is 3.01. The van der Waals surface area contributed by atoms with Crippen LogP contribution >= 0.6 is 0 Å². The van der Waals surface area contributed by atoms with E-state index in [0.717, 1.165) is 0 Å². The zero-order valence-electron chi connectivity index (χ0n) is 21.4. The summed E-state index contributed by atoms with van der Waals surface area (Å²) in [4.78, 5) is 35.9. The van der Waals surface area contributed by atoms with Crippen molar-refractivity contribution in [3.05, 3.63) is 77.9 Å². The standard InChI is InChI=1S/C30H32O9/c31-22-13-8-7-12-20(22)28-19(11-5-2-6-14-25(32)33)17-36-30(39-28)27-21-15-26(34)37-23(21)16-24(27)38-29(35)18-9-3-1-4-10-18/h1-5,7-10,12-13,19,21,23-24,27-28,30-31H,6,11,14-17H2,(H,32,33)/b5-2-/t19-,21?,23+,24-,27?,28+,30+/m1/s1. The van der Waals surface area contributed by atoms with Crippen LogP contribution in [0, 0.1) is 17.8 Å². The van der Waals surface area contributed by atoms with Gasteiger partial charge in [-0.1, -0.05) is 48.6 Å². The number of carbonyl (C=O) groups excluding carboxylic acids is 2. The third-order valence-corrected chi connectivity index (χ3v) is 7.69. The Morgan fingerprint density at radius 1 is 1.05 bits per heavy atom. The topological polar surface area (TPSA) is 129 Å². The number of carbonyl (C=O) groups is 3. The summed E-state index contributed by atoms with van der Waals surface area (Å²) in [6.45, 7) is 0.301. The highest BCUT2D eigenvalue weighted by Gasteiger charge is 2.56. The smallest absolute Gasteiger partial charge is 0.338 e. The first-order chi connectivity index (χ1) is 18.9. The Hall–Kier alpha value is -3.69. The molecule has 2 saturated heterocycles. The molecule has 3 fully saturated rings. The van der Waals surface area contributed by atoms with Crippen molar-refractivity contribution in [2.24, 2.45) is 17.8 Å². The molecular weight excluding hydrogens is 504 g/mol. The van der Waals surface area contributed by atoms with Gasteiger partial charge in [-0.3, -0.25) is 9.59 Å². The van der Waals surface area contributed by atoms with Gasteiger partial charge in [-0.2, -0.15) is 0 Å². The molecule has 3 aliphatic rings. The van der Waals surface area contributed by atoms with Crippen LogP contribution in [0.4, 0.5) is 0 Å². The molecule has 2 aromatic rings. The van der Waals surface area contributed by atoms with Crippen LogP contribution in [0.2, 0.25) is 0 Å². The van der Waals surface area contributed by atoms with Crippen LogP contribution in [0.3, 0.4) is 0 Å². The van der Waals surface area contributed by atoms with Crippen LogP contribution in [-0.4, -0.2) is 53.2 Å². The van der Waals surface area contributed by atoms with Gasteiger partial charge in [-0.25, -0.2) is 4.79 Å². The van der Waals surface area contributed by atoms with Gasteiger partial charge in [0.15, 0.2) is 6.29 Å². The Kier molecular flexibility index (Phi) is 8.28. The highest BCUT2D eigenvalue weighted by atomic mass is 16.7. The predicted octanol–water partition coefficient (Wildman–Crippen LogP) is 4.41.